The molecule has 0 unspecified atom stereocenters. The maximum absolute atomic E-state index is 12.0. The van der Waals surface area contributed by atoms with Gasteiger partial charge >= 0.3 is 12.2 Å². The number of nitrogens with one attached hydrogen (secondary N) is 2. The number of amides is 2. The van der Waals surface area contributed by atoms with E-state index in [-0.39, 0.29) is 12.4 Å². The predicted molar refractivity (Wildman–Crippen MR) is 87.5 cm³/mol. The highest BCUT2D eigenvalue weighted by molar-refractivity contribution is 5.89. The number of hydrogen-bond acceptors (Lipinski definition) is 7. The summed E-state index contributed by atoms with van der Waals surface area (Å²) in [6, 6.07) is 1.43. The Morgan fingerprint density at radius 2 is 1.83 bits per heavy atom. The van der Waals surface area contributed by atoms with Crippen molar-refractivity contribution in [1.82, 2.24) is 4.98 Å². The molecule has 0 aliphatic heterocycles. The maximum atomic E-state index is 12.0. The number of carbonyl (C=O) groups excluding carboxylic acids is 2. The number of carbonyl (C=O) groups is 2. The molecule has 0 saturated carbocycles. The highest BCUT2D eigenvalue weighted by Crippen LogP contribution is 2.27. The van der Waals surface area contributed by atoms with Crippen LogP contribution >= 0.6 is 0 Å². The van der Waals surface area contributed by atoms with Crippen molar-refractivity contribution in [2.45, 2.75) is 26.4 Å². The molecule has 0 radical (unpaired) electrons. The zero-order chi connectivity index (χ0) is 18.2. The first-order valence-corrected chi connectivity index (χ1v) is 7.22. The van der Waals surface area contributed by atoms with Crippen LogP contribution in [-0.2, 0) is 14.2 Å². The summed E-state index contributed by atoms with van der Waals surface area (Å²) in [4.78, 5) is 27.2. The van der Waals surface area contributed by atoms with Crippen LogP contribution in [0.15, 0.2) is 12.3 Å². The Hall–Kier alpha value is -2.55. The molecule has 1 aromatic rings. The molecule has 0 aliphatic rings. The standard InChI is InChI=1S/C15H23N3O6/c1-15(2,3)24-14(20)17-10-8-12(18-13(19)22-5)16-9-11(10)23-7-6-21-4/h8-9H,6-7H2,1-5H3,(H2,16,17,18,19,20). The molecule has 1 heterocycles. The molecule has 0 saturated heterocycles. The van der Waals surface area contributed by atoms with Crippen LogP contribution in [0.25, 0.3) is 0 Å². The van der Waals surface area contributed by atoms with Gasteiger partial charge in [-0.15, -0.1) is 0 Å². The van der Waals surface area contributed by atoms with Gasteiger partial charge in [-0.3, -0.25) is 10.6 Å². The average Bonchev–Trinajstić information content (AvgIpc) is 2.47. The smallest absolute Gasteiger partial charge is 0.412 e. The van der Waals surface area contributed by atoms with Crippen molar-refractivity contribution in [3.05, 3.63) is 12.3 Å². The molecule has 1 aromatic heterocycles. The average molecular weight is 341 g/mol. The summed E-state index contributed by atoms with van der Waals surface area (Å²) in [6.45, 7) is 5.89. The Morgan fingerprint density at radius 1 is 1.12 bits per heavy atom. The van der Waals surface area contributed by atoms with E-state index in [9.17, 15) is 9.59 Å². The first kappa shape index (κ1) is 19.5. The van der Waals surface area contributed by atoms with Crippen LogP contribution in [0.4, 0.5) is 21.1 Å². The quantitative estimate of drug-likeness (QED) is 0.766. The SMILES string of the molecule is COCCOc1cnc(NC(=O)OC)cc1NC(=O)OC(C)(C)C. The maximum Gasteiger partial charge on any atom is 0.412 e. The summed E-state index contributed by atoms with van der Waals surface area (Å²) in [5, 5.41) is 4.97. The van der Waals surface area contributed by atoms with Crippen LogP contribution in [0.5, 0.6) is 5.75 Å². The van der Waals surface area contributed by atoms with Gasteiger partial charge in [-0.05, 0) is 20.8 Å². The van der Waals surface area contributed by atoms with Crippen molar-refractivity contribution < 1.29 is 28.5 Å². The van der Waals surface area contributed by atoms with E-state index in [0.717, 1.165) is 0 Å². The van der Waals surface area contributed by atoms with Gasteiger partial charge in [-0.1, -0.05) is 0 Å². The number of ether oxygens (including phenoxy) is 4. The minimum atomic E-state index is -0.682. The fourth-order valence-electron chi connectivity index (χ4n) is 1.53. The van der Waals surface area contributed by atoms with E-state index in [1.807, 2.05) is 0 Å². The van der Waals surface area contributed by atoms with E-state index in [4.69, 9.17) is 14.2 Å². The van der Waals surface area contributed by atoms with E-state index in [1.165, 1.54) is 19.4 Å². The van der Waals surface area contributed by atoms with Crippen LogP contribution in [0.1, 0.15) is 20.8 Å². The minimum absolute atomic E-state index is 0.187. The summed E-state index contributed by atoms with van der Waals surface area (Å²) in [5.41, 5.74) is -0.358. The number of aromatic nitrogens is 1. The van der Waals surface area contributed by atoms with Gasteiger partial charge in [0.05, 0.1) is 25.6 Å². The Morgan fingerprint density at radius 3 is 2.42 bits per heavy atom. The van der Waals surface area contributed by atoms with Crippen LogP contribution < -0.4 is 15.4 Å². The lowest BCUT2D eigenvalue weighted by molar-refractivity contribution is 0.0635. The number of hydrogen-bond donors (Lipinski definition) is 2. The topological polar surface area (TPSA) is 108 Å². The largest absolute Gasteiger partial charge is 0.487 e. The lowest BCUT2D eigenvalue weighted by Crippen LogP contribution is -2.27. The molecule has 0 fully saturated rings. The summed E-state index contributed by atoms with van der Waals surface area (Å²) in [6.07, 6.45) is 0.0289. The Kier molecular flexibility index (Phi) is 7.25. The van der Waals surface area contributed by atoms with Crippen molar-refractivity contribution in [2.24, 2.45) is 0 Å². The van der Waals surface area contributed by atoms with Crippen molar-refractivity contribution in [3.8, 4) is 5.75 Å². The molecule has 9 heteroatoms. The third kappa shape index (κ3) is 7.14. The highest BCUT2D eigenvalue weighted by atomic mass is 16.6. The van der Waals surface area contributed by atoms with E-state index in [0.29, 0.717) is 18.0 Å². The third-order valence-corrected chi connectivity index (χ3v) is 2.46. The Bertz CT molecular complexity index is 571. The molecule has 24 heavy (non-hydrogen) atoms. The van der Waals surface area contributed by atoms with Crippen molar-refractivity contribution in [3.63, 3.8) is 0 Å². The van der Waals surface area contributed by atoms with E-state index < -0.39 is 17.8 Å². The normalized spacial score (nSPS) is 10.7. The second kappa shape index (κ2) is 8.92. The monoisotopic (exact) mass is 341 g/mol. The molecule has 9 nitrogen and oxygen atoms in total. The molecular weight excluding hydrogens is 318 g/mol. The van der Waals surface area contributed by atoms with E-state index >= 15 is 0 Å². The van der Waals surface area contributed by atoms with Crippen LogP contribution in [0.2, 0.25) is 0 Å². The van der Waals surface area contributed by atoms with E-state index in [1.54, 1.807) is 27.9 Å². The highest BCUT2D eigenvalue weighted by Gasteiger charge is 2.18. The lowest BCUT2D eigenvalue weighted by atomic mass is 10.2. The van der Waals surface area contributed by atoms with Gasteiger partial charge in [-0.2, -0.15) is 0 Å². The molecule has 0 spiro atoms. The molecule has 1 rings (SSSR count). The molecule has 134 valence electrons. The van der Waals surface area contributed by atoms with Gasteiger partial charge in [0.15, 0.2) is 5.75 Å². The molecule has 0 aliphatic carbocycles. The van der Waals surface area contributed by atoms with Gasteiger partial charge in [0.2, 0.25) is 0 Å². The number of pyridine rings is 1. The third-order valence-electron chi connectivity index (χ3n) is 2.46. The van der Waals surface area contributed by atoms with Gasteiger partial charge in [0, 0.05) is 13.2 Å². The zero-order valence-electron chi connectivity index (χ0n) is 14.5. The predicted octanol–water partition coefficient (Wildman–Crippen LogP) is 2.63. The first-order chi connectivity index (χ1) is 11.2. The molecule has 2 N–H and O–H groups in total. The van der Waals surface area contributed by atoms with Crippen LogP contribution in [0, 0.1) is 0 Å². The van der Waals surface area contributed by atoms with Crippen LogP contribution in [-0.4, -0.2) is 50.2 Å². The van der Waals surface area contributed by atoms with Gasteiger partial charge in [0.25, 0.3) is 0 Å². The lowest BCUT2D eigenvalue weighted by Gasteiger charge is -2.20. The minimum Gasteiger partial charge on any atom is -0.487 e. The van der Waals surface area contributed by atoms with Crippen molar-refractivity contribution in [1.29, 1.82) is 0 Å². The number of methoxy groups -OCH3 is 2. The first-order valence-electron chi connectivity index (χ1n) is 7.22. The zero-order valence-corrected chi connectivity index (χ0v) is 14.5. The Labute approximate surface area is 140 Å². The number of nitrogens with zero attached hydrogens (tertiary/aromatic N) is 1. The summed E-state index contributed by atoms with van der Waals surface area (Å²) < 4.78 is 20.1. The molecule has 0 aromatic carbocycles. The van der Waals surface area contributed by atoms with Crippen molar-refractivity contribution in [2.75, 3.05) is 38.1 Å². The second-order valence-electron chi connectivity index (χ2n) is 5.65. The fraction of sp³-hybridized carbons (Fsp3) is 0.533. The second-order valence-corrected chi connectivity index (χ2v) is 5.65. The molecular formula is C15H23N3O6. The summed E-state index contributed by atoms with van der Waals surface area (Å²) in [5.74, 6) is 0.500. The summed E-state index contributed by atoms with van der Waals surface area (Å²) >= 11 is 0. The molecule has 2 amide bonds. The van der Waals surface area contributed by atoms with Gasteiger partial charge in [0.1, 0.15) is 18.0 Å². The van der Waals surface area contributed by atoms with Gasteiger partial charge in [-0.25, -0.2) is 14.6 Å². The van der Waals surface area contributed by atoms with E-state index in [2.05, 4.69) is 20.4 Å². The van der Waals surface area contributed by atoms with Gasteiger partial charge < -0.3 is 18.9 Å². The number of rotatable bonds is 6. The molecule has 0 atom stereocenters. The Balaban J connectivity index is 2.93. The van der Waals surface area contributed by atoms with Crippen molar-refractivity contribution >= 4 is 23.7 Å². The molecule has 0 bridgehead atoms. The summed E-state index contributed by atoms with van der Waals surface area (Å²) in [7, 11) is 2.78. The van der Waals surface area contributed by atoms with Crippen LogP contribution in [0.3, 0.4) is 0 Å². The number of anilines is 2. The fourth-order valence-corrected chi connectivity index (χ4v) is 1.53.